The van der Waals surface area contributed by atoms with Gasteiger partial charge in [0.15, 0.2) is 0 Å². The van der Waals surface area contributed by atoms with Crippen LogP contribution in [0.5, 0.6) is 0 Å². The van der Waals surface area contributed by atoms with Crippen molar-refractivity contribution in [1.82, 2.24) is 5.32 Å². The van der Waals surface area contributed by atoms with Crippen molar-refractivity contribution in [3.05, 3.63) is 29.8 Å². The summed E-state index contributed by atoms with van der Waals surface area (Å²) in [4.78, 5) is 2.39. The predicted molar refractivity (Wildman–Crippen MR) is 74.6 cm³/mol. The number of anilines is 1. The van der Waals surface area contributed by atoms with Crippen molar-refractivity contribution in [3.8, 4) is 6.07 Å². The standard InChI is InChI=1S/C15H21N3/c1-12-3-5-15(6-4-12)18-10-13(2)9-17-14(11-18)7-8-16/h3-6,13-14,17H,7,9-11H2,1-2H3. The van der Waals surface area contributed by atoms with Gasteiger partial charge in [0, 0.05) is 24.8 Å². The molecule has 2 unspecified atom stereocenters. The molecule has 0 amide bonds. The molecular formula is C15H21N3. The SMILES string of the molecule is Cc1ccc(N2CC(C)CNC(CC#N)C2)cc1. The molecule has 1 aliphatic heterocycles. The molecule has 1 N–H and O–H groups in total. The predicted octanol–water partition coefficient (Wildman–Crippen LogP) is 2.32. The molecule has 0 aromatic heterocycles. The number of hydrogen-bond donors (Lipinski definition) is 1. The number of rotatable bonds is 2. The van der Waals surface area contributed by atoms with Gasteiger partial charge in [-0.2, -0.15) is 5.26 Å². The first-order valence-electron chi connectivity index (χ1n) is 6.61. The lowest BCUT2D eigenvalue weighted by Crippen LogP contribution is -2.37. The minimum atomic E-state index is 0.279. The first kappa shape index (κ1) is 12.9. The fraction of sp³-hybridized carbons (Fsp3) is 0.533. The van der Waals surface area contributed by atoms with Crippen LogP contribution in [0.1, 0.15) is 18.9 Å². The van der Waals surface area contributed by atoms with Gasteiger partial charge >= 0.3 is 0 Å². The Balaban J connectivity index is 2.13. The van der Waals surface area contributed by atoms with Gasteiger partial charge in [-0.25, -0.2) is 0 Å². The second kappa shape index (κ2) is 5.88. The monoisotopic (exact) mass is 243 g/mol. The van der Waals surface area contributed by atoms with Gasteiger partial charge in [-0.1, -0.05) is 24.6 Å². The Morgan fingerprint density at radius 3 is 2.72 bits per heavy atom. The number of hydrogen-bond acceptors (Lipinski definition) is 3. The Labute approximate surface area is 109 Å². The lowest BCUT2D eigenvalue weighted by Gasteiger charge is -2.26. The molecule has 1 heterocycles. The van der Waals surface area contributed by atoms with Gasteiger partial charge in [-0.05, 0) is 31.5 Å². The maximum Gasteiger partial charge on any atom is 0.0638 e. The van der Waals surface area contributed by atoms with E-state index in [0.717, 1.165) is 19.6 Å². The Kier molecular flexibility index (Phi) is 4.22. The molecule has 1 aliphatic rings. The van der Waals surface area contributed by atoms with E-state index in [9.17, 15) is 0 Å². The molecular weight excluding hydrogens is 222 g/mol. The van der Waals surface area contributed by atoms with Crippen molar-refractivity contribution in [2.24, 2.45) is 5.92 Å². The fourth-order valence-corrected chi connectivity index (χ4v) is 2.43. The van der Waals surface area contributed by atoms with E-state index in [1.54, 1.807) is 0 Å². The van der Waals surface area contributed by atoms with Crippen LogP contribution in [-0.2, 0) is 0 Å². The van der Waals surface area contributed by atoms with E-state index in [0.29, 0.717) is 12.3 Å². The van der Waals surface area contributed by atoms with Crippen molar-refractivity contribution >= 4 is 5.69 Å². The van der Waals surface area contributed by atoms with Crippen LogP contribution in [0.3, 0.4) is 0 Å². The molecule has 0 aliphatic carbocycles. The summed E-state index contributed by atoms with van der Waals surface area (Å²) in [5, 5.41) is 12.3. The molecule has 0 bridgehead atoms. The third-order valence-corrected chi connectivity index (χ3v) is 3.46. The average Bonchev–Trinajstić information content (AvgIpc) is 2.53. The van der Waals surface area contributed by atoms with Crippen LogP contribution in [0, 0.1) is 24.2 Å². The largest absolute Gasteiger partial charge is 0.370 e. The van der Waals surface area contributed by atoms with E-state index in [4.69, 9.17) is 5.26 Å². The normalized spacial score (nSPS) is 24.4. The molecule has 1 aromatic rings. The maximum atomic E-state index is 8.86. The van der Waals surface area contributed by atoms with Crippen LogP contribution in [0.25, 0.3) is 0 Å². The minimum Gasteiger partial charge on any atom is -0.370 e. The lowest BCUT2D eigenvalue weighted by atomic mass is 10.1. The van der Waals surface area contributed by atoms with Crippen LogP contribution in [0.2, 0.25) is 0 Å². The lowest BCUT2D eigenvalue weighted by molar-refractivity contribution is 0.509. The van der Waals surface area contributed by atoms with Gasteiger partial charge in [0.05, 0.1) is 12.5 Å². The highest BCUT2D eigenvalue weighted by Crippen LogP contribution is 2.19. The van der Waals surface area contributed by atoms with Gasteiger partial charge in [0.2, 0.25) is 0 Å². The summed E-state index contributed by atoms with van der Waals surface area (Å²) in [5.41, 5.74) is 2.55. The number of nitrogens with one attached hydrogen (secondary N) is 1. The summed E-state index contributed by atoms with van der Waals surface area (Å²) in [6.45, 7) is 7.32. The van der Waals surface area contributed by atoms with E-state index < -0.39 is 0 Å². The molecule has 1 fully saturated rings. The van der Waals surface area contributed by atoms with Crippen molar-refractivity contribution in [2.75, 3.05) is 24.5 Å². The molecule has 0 spiro atoms. The van der Waals surface area contributed by atoms with Crippen LogP contribution in [-0.4, -0.2) is 25.7 Å². The third-order valence-electron chi connectivity index (χ3n) is 3.46. The quantitative estimate of drug-likeness (QED) is 0.866. The number of nitriles is 1. The van der Waals surface area contributed by atoms with Gasteiger partial charge < -0.3 is 10.2 Å². The fourth-order valence-electron chi connectivity index (χ4n) is 2.43. The van der Waals surface area contributed by atoms with E-state index in [1.807, 2.05) is 0 Å². The second-order valence-electron chi connectivity index (χ2n) is 5.31. The number of nitrogens with zero attached hydrogens (tertiary/aromatic N) is 2. The molecule has 1 aromatic carbocycles. The van der Waals surface area contributed by atoms with Crippen molar-refractivity contribution in [1.29, 1.82) is 5.26 Å². The van der Waals surface area contributed by atoms with Gasteiger partial charge in [-0.15, -0.1) is 0 Å². The highest BCUT2D eigenvalue weighted by Gasteiger charge is 2.21. The zero-order valence-electron chi connectivity index (χ0n) is 11.2. The Morgan fingerprint density at radius 2 is 2.06 bits per heavy atom. The minimum absolute atomic E-state index is 0.279. The van der Waals surface area contributed by atoms with E-state index in [1.165, 1.54) is 11.3 Å². The molecule has 18 heavy (non-hydrogen) atoms. The van der Waals surface area contributed by atoms with Gasteiger partial charge in [0.25, 0.3) is 0 Å². The third kappa shape index (κ3) is 3.24. The Hall–Kier alpha value is -1.53. The molecule has 96 valence electrons. The first-order chi connectivity index (χ1) is 8.69. The Bertz CT molecular complexity index is 418. The van der Waals surface area contributed by atoms with Gasteiger partial charge in [-0.3, -0.25) is 0 Å². The molecule has 3 heteroatoms. The molecule has 0 radical (unpaired) electrons. The van der Waals surface area contributed by atoms with E-state index in [-0.39, 0.29) is 6.04 Å². The molecule has 2 rings (SSSR count). The molecule has 2 atom stereocenters. The van der Waals surface area contributed by atoms with Crippen LogP contribution in [0.4, 0.5) is 5.69 Å². The van der Waals surface area contributed by atoms with Crippen LogP contribution < -0.4 is 10.2 Å². The summed E-state index contributed by atoms with van der Waals surface area (Å²) in [6.07, 6.45) is 0.578. The molecule has 0 saturated carbocycles. The zero-order chi connectivity index (χ0) is 13.0. The van der Waals surface area contributed by atoms with Crippen LogP contribution in [0.15, 0.2) is 24.3 Å². The molecule has 3 nitrogen and oxygen atoms in total. The Morgan fingerprint density at radius 1 is 1.33 bits per heavy atom. The number of benzene rings is 1. The first-order valence-corrected chi connectivity index (χ1v) is 6.61. The van der Waals surface area contributed by atoms with Crippen LogP contribution >= 0.6 is 0 Å². The van der Waals surface area contributed by atoms with Crippen molar-refractivity contribution in [2.45, 2.75) is 26.3 Å². The highest BCUT2D eigenvalue weighted by atomic mass is 15.2. The van der Waals surface area contributed by atoms with E-state index >= 15 is 0 Å². The summed E-state index contributed by atoms with van der Waals surface area (Å²) in [6, 6.07) is 11.2. The smallest absolute Gasteiger partial charge is 0.0638 e. The zero-order valence-corrected chi connectivity index (χ0v) is 11.2. The van der Waals surface area contributed by atoms with E-state index in [2.05, 4.69) is 54.4 Å². The summed E-state index contributed by atoms with van der Waals surface area (Å²) >= 11 is 0. The summed E-state index contributed by atoms with van der Waals surface area (Å²) in [5.74, 6) is 0.606. The highest BCUT2D eigenvalue weighted by molar-refractivity contribution is 5.48. The summed E-state index contributed by atoms with van der Waals surface area (Å²) < 4.78 is 0. The number of aryl methyl sites for hydroxylation is 1. The molecule has 1 saturated heterocycles. The topological polar surface area (TPSA) is 39.1 Å². The second-order valence-corrected chi connectivity index (χ2v) is 5.31. The average molecular weight is 243 g/mol. The van der Waals surface area contributed by atoms with Gasteiger partial charge in [0.1, 0.15) is 0 Å². The van der Waals surface area contributed by atoms with Crippen molar-refractivity contribution < 1.29 is 0 Å². The summed E-state index contributed by atoms with van der Waals surface area (Å²) in [7, 11) is 0. The maximum absolute atomic E-state index is 8.86. The van der Waals surface area contributed by atoms with Crippen molar-refractivity contribution in [3.63, 3.8) is 0 Å².